The van der Waals surface area contributed by atoms with E-state index in [2.05, 4.69) is 0 Å². The van der Waals surface area contributed by atoms with Crippen molar-refractivity contribution in [3.05, 3.63) is 0 Å². The van der Waals surface area contributed by atoms with Gasteiger partial charge in [0.1, 0.15) is 0 Å². The molecule has 0 amide bonds. The Hall–Kier alpha value is 1.82. The molecule has 0 aromatic rings. The van der Waals surface area contributed by atoms with Crippen LogP contribution in [0.1, 0.15) is 1.43 Å². The fourth-order valence-electron chi connectivity index (χ4n) is 0. The molecule has 4 heteroatoms. The second-order valence-electron chi connectivity index (χ2n) is 0.589. The van der Waals surface area contributed by atoms with Crippen LogP contribution in [0, 0.1) is 0 Å². The number of aliphatic hydroxyl groups is 1. The van der Waals surface area contributed by atoms with Gasteiger partial charge in [0.25, 0.3) is 0 Å². The Morgan fingerprint density at radius 1 is 2.00 bits per heavy atom. The van der Waals surface area contributed by atoms with Crippen molar-refractivity contribution in [1.29, 1.82) is 0 Å². The summed E-state index contributed by atoms with van der Waals surface area (Å²) in [6.45, 7) is 0. The molecule has 0 saturated heterocycles. The van der Waals surface area contributed by atoms with Crippen LogP contribution in [0.2, 0.25) is 0 Å². The molecule has 1 atom stereocenters. The Balaban J connectivity index is -0.0000000800. The van der Waals surface area contributed by atoms with Crippen LogP contribution in [-0.2, 0) is 0 Å². The van der Waals surface area contributed by atoms with Crippen LogP contribution in [0.4, 0.5) is 4.39 Å². The van der Waals surface area contributed by atoms with Crippen molar-refractivity contribution in [3.8, 4) is 0 Å². The Morgan fingerprint density at radius 3 is 2.17 bits per heavy atom. The van der Waals surface area contributed by atoms with Gasteiger partial charge in [-0.25, -0.2) is 4.39 Å². The third kappa shape index (κ3) is 9.26. The summed E-state index contributed by atoms with van der Waals surface area (Å²) in [6, 6.07) is 0. The van der Waals surface area contributed by atoms with Crippen LogP contribution < -0.4 is 51.4 Å². The standard InChI is InChI=1S/C2H4ClFO.K.H/c3-1-2(4)5;;/h2,5H,1H2;;/q;+1;-1. The minimum absolute atomic E-state index is 0. The summed E-state index contributed by atoms with van der Waals surface area (Å²) in [5, 5.41) is 7.56. The van der Waals surface area contributed by atoms with Crippen LogP contribution >= 0.6 is 11.6 Å². The quantitative estimate of drug-likeness (QED) is 0.317. The van der Waals surface area contributed by atoms with Crippen molar-refractivity contribution in [2.45, 2.75) is 6.36 Å². The van der Waals surface area contributed by atoms with E-state index in [4.69, 9.17) is 16.7 Å². The molecular formula is C2H5ClFKO. The molecule has 0 aliphatic heterocycles. The molecule has 0 aromatic heterocycles. The predicted octanol–water partition coefficient (Wildman–Crippen LogP) is -2.37. The molecule has 0 saturated carbocycles. The van der Waals surface area contributed by atoms with Crippen molar-refractivity contribution in [2.24, 2.45) is 0 Å². The second kappa shape index (κ2) is 6.82. The van der Waals surface area contributed by atoms with E-state index in [-0.39, 0.29) is 58.7 Å². The summed E-state index contributed by atoms with van der Waals surface area (Å²) in [4.78, 5) is 0. The van der Waals surface area contributed by atoms with Gasteiger partial charge >= 0.3 is 51.4 Å². The average molecular weight is 139 g/mol. The maximum absolute atomic E-state index is 10.9. The first kappa shape index (κ1) is 10.7. The summed E-state index contributed by atoms with van der Waals surface area (Å²) < 4.78 is 10.9. The van der Waals surface area contributed by atoms with E-state index in [0.717, 1.165) is 0 Å². The van der Waals surface area contributed by atoms with Gasteiger partial charge in [-0.1, -0.05) is 0 Å². The topological polar surface area (TPSA) is 20.2 Å². The Bertz CT molecular complexity index is 31.7. The number of rotatable bonds is 1. The SMILES string of the molecule is OC(F)CCl.[H-].[K+]. The second-order valence-corrected chi connectivity index (χ2v) is 0.897. The van der Waals surface area contributed by atoms with Crippen LogP contribution in [0.15, 0.2) is 0 Å². The van der Waals surface area contributed by atoms with Crippen LogP contribution in [0.5, 0.6) is 0 Å². The molecule has 1 N–H and O–H groups in total. The molecular weight excluding hydrogens is 134 g/mol. The number of halogens is 2. The maximum Gasteiger partial charge on any atom is 1.00 e. The van der Waals surface area contributed by atoms with E-state index in [1.165, 1.54) is 0 Å². The fraction of sp³-hybridized carbons (Fsp3) is 1.00. The van der Waals surface area contributed by atoms with Gasteiger partial charge in [0.15, 0.2) is 0 Å². The normalized spacial score (nSPS) is 12.5. The molecule has 0 aromatic carbocycles. The molecule has 0 radical (unpaired) electrons. The molecule has 0 aliphatic carbocycles. The van der Waals surface area contributed by atoms with E-state index in [1.54, 1.807) is 0 Å². The van der Waals surface area contributed by atoms with Crippen molar-refractivity contribution < 1.29 is 62.3 Å². The number of aliphatic hydroxyl groups excluding tert-OH is 1. The Morgan fingerprint density at radius 2 is 2.17 bits per heavy atom. The van der Waals surface area contributed by atoms with E-state index < -0.39 is 6.36 Å². The summed E-state index contributed by atoms with van der Waals surface area (Å²) in [7, 11) is 0. The van der Waals surface area contributed by atoms with E-state index >= 15 is 0 Å². The van der Waals surface area contributed by atoms with Crippen LogP contribution in [-0.4, -0.2) is 17.3 Å². The predicted molar refractivity (Wildman–Crippen MR) is 18.9 cm³/mol. The van der Waals surface area contributed by atoms with Crippen molar-refractivity contribution in [3.63, 3.8) is 0 Å². The Kier molecular flexibility index (Phi) is 12.2. The van der Waals surface area contributed by atoms with Gasteiger partial charge in [-0.3, -0.25) is 0 Å². The van der Waals surface area contributed by atoms with Gasteiger partial charge < -0.3 is 6.53 Å². The van der Waals surface area contributed by atoms with Gasteiger partial charge in [0.05, 0.1) is 5.88 Å². The van der Waals surface area contributed by atoms with Crippen LogP contribution in [0.25, 0.3) is 0 Å². The summed E-state index contributed by atoms with van der Waals surface area (Å²) in [5.41, 5.74) is 0. The third-order valence-electron chi connectivity index (χ3n) is 0.127. The van der Waals surface area contributed by atoms with Crippen molar-refractivity contribution in [1.82, 2.24) is 0 Å². The van der Waals surface area contributed by atoms with E-state index in [0.29, 0.717) is 0 Å². The smallest absolute Gasteiger partial charge is 1.00 e. The molecule has 0 fully saturated rings. The molecule has 34 valence electrons. The first-order valence-electron chi connectivity index (χ1n) is 1.15. The zero-order valence-electron chi connectivity index (χ0n) is 4.49. The first-order chi connectivity index (χ1) is 2.27. The zero-order valence-corrected chi connectivity index (χ0v) is 7.37. The van der Waals surface area contributed by atoms with Gasteiger partial charge in [-0.05, 0) is 0 Å². The molecule has 0 rings (SSSR count). The minimum atomic E-state index is -1.85. The number of hydrogen-bond donors (Lipinski definition) is 1. The average Bonchev–Trinajstić information content (AvgIpc) is 1.38. The minimum Gasteiger partial charge on any atom is -1.00 e. The van der Waals surface area contributed by atoms with Gasteiger partial charge in [0, 0.05) is 0 Å². The molecule has 1 nitrogen and oxygen atoms in total. The molecule has 0 bridgehead atoms. The molecule has 0 spiro atoms. The summed E-state index contributed by atoms with van der Waals surface area (Å²) in [6.07, 6.45) is -1.85. The molecule has 0 aliphatic rings. The van der Waals surface area contributed by atoms with Crippen LogP contribution in [0.3, 0.4) is 0 Å². The fourth-order valence-corrected chi connectivity index (χ4v) is 0. The number of hydrogen-bond acceptors (Lipinski definition) is 1. The van der Waals surface area contributed by atoms with Crippen molar-refractivity contribution in [2.75, 3.05) is 5.88 Å². The molecule has 1 unspecified atom stereocenters. The van der Waals surface area contributed by atoms with Crippen molar-refractivity contribution >= 4 is 11.6 Å². The van der Waals surface area contributed by atoms with Gasteiger partial charge in [-0.15, -0.1) is 11.6 Å². The number of alkyl halides is 2. The summed E-state index contributed by atoms with van der Waals surface area (Å²) in [5.74, 6) is -0.333. The maximum atomic E-state index is 10.9. The Labute approximate surface area is 84.8 Å². The van der Waals surface area contributed by atoms with Gasteiger partial charge in [-0.2, -0.15) is 0 Å². The van der Waals surface area contributed by atoms with E-state index in [1.807, 2.05) is 0 Å². The largest absolute Gasteiger partial charge is 1.00 e. The summed E-state index contributed by atoms with van der Waals surface area (Å²) >= 11 is 4.71. The molecule has 0 heterocycles. The van der Waals surface area contributed by atoms with Gasteiger partial charge in [0.2, 0.25) is 6.36 Å². The first-order valence-corrected chi connectivity index (χ1v) is 1.69. The third-order valence-corrected chi connectivity index (χ3v) is 0.382. The molecule has 6 heavy (non-hydrogen) atoms. The van der Waals surface area contributed by atoms with E-state index in [9.17, 15) is 4.39 Å². The monoisotopic (exact) mass is 138 g/mol. The zero-order chi connectivity index (χ0) is 4.28.